The number of amides is 1. The highest BCUT2D eigenvalue weighted by Crippen LogP contribution is 2.26. The lowest BCUT2D eigenvalue weighted by Crippen LogP contribution is -2.52. The Balaban J connectivity index is 1.29. The van der Waals surface area contributed by atoms with Gasteiger partial charge in [0.15, 0.2) is 0 Å². The van der Waals surface area contributed by atoms with Crippen LogP contribution in [0.5, 0.6) is 0 Å². The molecule has 4 rings (SSSR count). The van der Waals surface area contributed by atoms with Crippen LogP contribution >= 0.6 is 11.6 Å². The molecule has 2 aliphatic heterocycles. The van der Waals surface area contributed by atoms with Crippen LogP contribution in [-0.4, -0.2) is 62.8 Å². The molecule has 1 amide bonds. The summed E-state index contributed by atoms with van der Waals surface area (Å²) in [6, 6.07) is 13.6. The minimum absolute atomic E-state index is 0.0990. The summed E-state index contributed by atoms with van der Waals surface area (Å²) < 4.78 is 40.7. The summed E-state index contributed by atoms with van der Waals surface area (Å²) in [5.41, 5.74) is 1.22. The summed E-state index contributed by atoms with van der Waals surface area (Å²) in [5.74, 6) is -0.948. The molecule has 0 bridgehead atoms. The molecule has 2 aromatic carbocycles. The van der Waals surface area contributed by atoms with E-state index in [1.165, 1.54) is 22.5 Å². The molecule has 0 spiro atoms. The zero-order chi connectivity index (χ0) is 22.7. The summed E-state index contributed by atoms with van der Waals surface area (Å²) in [6.07, 6.45) is 0.980. The molecule has 2 fully saturated rings. The highest BCUT2D eigenvalue weighted by atomic mass is 35.5. The van der Waals surface area contributed by atoms with Gasteiger partial charge in [0.1, 0.15) is 5.82 Å². The normalized spacial score (nSPS) is 18.7. The van der Waals surface area contributed by atoms with Gasteiger partial charge in [0.05, 0.1) is 5.75 Å². The number of rotatable bonds is 5. The lowest BCUT2D eigenvalue weighted by Gasteiger charge is -2.39. The van der Waals surface area contributed by atoms with E-state index in [-0.39, 0.29) is 36.2 Å². The standard InChI is InChI=1S/C23H27ClFN3O3S/c24-20-5-3-6-21(16-20)26-12-14-27(15-13-26)23(29)18-8-10-28(11-9-18)32(30,31)17-19-4-1-2-7-22(19)25/h1-7,16,18H,8-15,17H2. The summed E-state index contributed by atoms with van der Waals surface area (Å²) in [7, 11) is -3.62. The number of piperidine rings is 1. The van der Waals surface area contributed by atoms with Gasteiger partial charge in [-0.3, -0.25) is 4.79 Å². The van der Waals surface area contributed by atoms with Gasteiger partial charge in [0.25, 0.3) is 0 Å². The van der Waals surface area contributed by atoms with Gasteiger partial charge in [-0.15, -0.1) is 0 Å². The van der Waals surface area contributed by atoms with E-state index in [0.717, 1.165) is 18.8 Å². The molecule has 0 saturated carbocycles. The van der Waals surface area contributed by atoms with Gasteiger partial charge >= 0.3 is 0 Å². The fourth-order valence-corrected chi connectivity index (χ4v) is 6.16. The molecule has 0 N–H and O–H groups in total. The first-order valence-corrected chi connectivity index (χ1v) is 12.8. The lowest BCUT2D eigenvalue weighted by atomic mass is 9.96. The van der Waals surface area contributed by atoms with Crippen LogP contribution in [0.15, 0.2) is 48.5 Å². The van der Waals surface area contributed by atoms with Crippen molar-refractivity contribution in [1.29, 1.82) is 0 Å². The van der Waals surface area contributed by atoms with Crippen molar-refractivity contribution < 1.29 is 17.6 Å². The lowest BCUT2D eigenvalue weighted by molar-refractivity contribution is -0.137. The number of carbonyl (C=O) groups is 1. The number of piperazine rings is 1. The van der Waals surface area contributed by atoms with Crippen LogP contribution in [0.3, 0.4) is 0 Å². The van der Waals surface area contributed by atoms with Crippen molar-refractivity contribution >= 4 is 33.2 Å². The molecule has 6 nitrogen and oxygen atoms in total. The number of hydrogen-bond acceptors (Lipinski definition) is 4. The smallest absolute Gasteiger partial charge is 0.225 e. The molecule has 2 heterocycles. The zero-order valence-electron chi connectivity index (χ0n) is 17.8. The Bertz CT molecular complexity index is 1070. The minimum Gasteiger partial charge on any atom is -0.368 e. The first-order valence-electron chi connectivity index (χ1n) is 10.8. The van der Waals surface area contributed by atoms with Crippen molar-refractivity contribution in [3.63, 3.8) is 0 Å². The second-order valence-corrected chi connectivity index (χ2v) is 10.7. The van der Waals surface area contributed by atoms with Crippen LogP contribution in [0.25, 0.3) is 0 Å². The Morgan fingerprint density at radius 1 is 0.969 bits per heavy atom. The summed E-state index contributed by atoms with van der Waals surface area (Å²) in [6.45, 7) is 3.32. The van der Waals surface area contributed by atoms with Gasteiger partial charge in [-0.25, -0.2) is 17.1 Å². The molecule has 2 aliphatic rings. The monoisotopic (exact) mass is 479 g/mol. The Morgan fingerprint density at radius 3 is 2.31 bits per heavy atom. The molecule has 172 valence electrons. The SMILES string of the molecule is O=C(C1CCN(S(=O)(=O)Cc2ccccc2F)CC1)N1CCN(c2cccc(Cl)c2)CC1. The Hall–Kier alpha value is -2.16. The van der Waals surface area contributed by atoms with Crippen LogP contribution in [-0.2, 0) is 20.6 Å². The third-order valence-electron chi connectivity index (χ3n) is 6.26. The average molecular weight is 480 g/mol. The Kier molecular flexibility index (Phi) is 7.02. The molecule has 0 atom stereocenters. The maximum Gasteiger partial charge on any atom is 0.225 e. The number of hydrogen-bond donors (Lipinski definition) is 0. The quantitative estimate of drug-likeness (QED) is 0.659. The highest BCUT2D eigenvalue weighted by molar-refractivity contribution is 7.88. The van der Waals surface area contributed by atoms with Gasteiger partial charge in [-0.05, 0) is 37.1 Å². The number of anilines is 1. The van der Waals surface area contributed by atoms with Crippen LogP contribution in [0, 0.1) is 11.7 Å². The Labute approximate surface area is 193 Å². The Morgan fingerprint density at radius 2 is 1.66 bits per heavy atom. The first kappa shape index (κ1) is 23.0. The highest BCUT2D eigenvalue weighted by Gasteiger charge is 2.34. The van der Waals surface area contributed by atoms with E-state index in [1.54, 1.807) is 6.07 Å². The molecule has 32 heavy (non-hydrogen) atoms. The molecule has 0 radical (unpaired) electrons. The topological polar surface area (TPSA) is 60.9 Å². The largest absolute Gasteiger partial charge is 0.368 e. The second-order valence-electron chi connectivity index (χ2n) is 8.31. The van der Waals surface area contributed by atoms with Crippen LogP contribution in [0.1, 0.15) is 18.4 Å². The fraction of sp³-hybridized carbons (Fsp3) is 0.435. The van der Waals surface area contributed by atoms with Crippen molar-refractivity contribution in [3.05, 3.63) is 64.9 Å². The van der Waals surface area contributed by atoms with E-state index in [4.69, 9.17) is 11.6 Å². The van der Waals surface area contributed by atoms with Gasteiger partial charge in [-0.2, -0.15) is 0 Å². The molecular formula is C23H27ClFN3O3S. The third-order valence-corrected chi connectivity index (χ3v) is 8.32. The molecule has 0 aromatic heterocycles. The van der Waals surface area contributed by atoms with Gasteiger partial charge in [0, 0.05) is 61.5 Å². The van der Waals surface area contributed by atoms with E-state index >= 15 is 0 Å². The minimum atomic E-state index is -3.62. The third kappa shape index (κ3) is 5.24. The van der Waals surface area contributed by atoms with Crippen molar-refractivity contribution in [1.82, 2.24) is 9.21 Å². The van der Waals surface area contributed by atoms with E-state index in [0.29, 0.717) is 31.0 Å². The van der Waals surface area contributed by atoms with E-state index in [2.05, 4.69) is 4.90 Å². The summed E-state index contributed by atoms with van der Waals surface area (Å²) >= 11 is 6.08. The maximum absolute atomic E-state index is 13.9. The summed E-state index contributed by atoms with van der Waals surface area (Å²) in [4.78, 5) is 17.1. The number of sulfonamides is 1. The zero-order valence-corrected chi connectivity index (χ0v) is 19.4. The van der Waals surface area contributed by atoms with Crippen molar-refractivity contribution in [2.45, 2.75) is 18.6 Å². The van der Waals surface area contributed by atoms with Gasteiger partial charge in [0.2, 0.25) is 15.9 Å². The van der Waals surface area contributed by atoms with Crippen molar-refractivity contribution in [2.24, 2.45) is 5.92 Å². The molecule has 2 aromatic rings. The van der Waals surface area contributed by atoms with E-state index in [1.807, 2.05) is 29.2 Å². The molecular weight excluding hydrogens is 453 g/mol. The van der Waals surface area contributed by atoms with Crippen LogP contribution < -0.4 is 4.90 Å². The fourth-order valence-electron chi connectivity index (χ4n) is 4.40. The summed E-state index contributed by atoms with van der Waals surface area (Å²) in [5, 5.41) is 0.692. The predicted molar refractivity (Wildman–Crippen MR) is 124 cm³/mol. The average Bonchev–Trinajstić information content (AvgIpc) is 2.80. The predicted octanol–water partition coefficient (Wildman–Crippen LogP) is 3.37. The number of carbonyl (C=O) groups excluding carboxylic acids is 1. The van der Waals surface area contributed by atoms with Crippen LogP contribution in [0.2, 0.25) is 5.02 Å². The van der Waals surface area contributed by atoms with Crippen molar-refractivity contribution in [2.75, 3.05) is 44.2 Å². The molecule has 0 aliphatic carbocycles. The molecule has 9 heteroatoms. The van der Waals surface area contributed by atoms with Gasteiger partial charge in [-0.1, -0.05) is 35.9 Å². The van der Waals surface area contributed by atoms with Crippen LogP contribution in [0.4, 0.5) is 10.1 Å². The van der Waals surface area contributed by atoms with E-state index < -0.39 is 15.8 Å². The number of benzene rings is 2. The molecule has 2 saturated heterocycles. The first-order chi connectivity index (χ1) is 15.3. The molecule has 0 unspecified atom stereocenters. The van der Waals surface area contributed by atoms with E-state index in [9.17, 15) is 17.6 Å². The number of nitrogens with zero attached hydrogens (tertiary/aromatic N) is 3. The number of halogens is 2. The second kappa shape index (κ2) is 9.77. The van der Waals surface area contributed by atoms with Gasteiger partial charge < -0.3 is 9.80 Å². The van der Waals surface area contributed by atoms with Crippen molar-refractivity contribution in [3.8, 4) is 0 Å². The maximum atomic E-state index is 13.9.